The first-order chi connectivity index (χ1) is 14.0. The third-order valence-electron chi connectivity index (χ3n) is 3.81. The largest absolute Gasteiger partial charge is 0.463 e. The molecule has 1 rings (SSSR count). The molecule has 0 aromatic rings. The van der Waals surface area contributed by atoms with Gasteiger partial charge in [-0.05, 0) is 0 Å². The van der Waals surface area contributed by atoms with E-state index in [1.807, 2.05) is 0 Å². The fourth-order valence-corrected chi connectivity index (χ4v) is 2.76. The van der Waals surface area contributed by atoms with Crippen LogP contribution < -0.4 is 5.32 Å². The molecule has 1 heterocycles. The number of amides is 1. The second kappa shape index (κ2) is 11.8. The molecule has 0 aliphatic carbocycles. The molecular weight excluding hydrogens is 402 g/mol. The maximum absolute atomic E-state index is 12.2. The van der Waals surface area contributed by atoms with E-state index in [9.17, 15) is 24.0 Å². The number of nitrogens with one attached hydrogen (secondary N) is 1. The highest BCUT2D eigenvalue weighted by molar-refractivity contribution is 5.77. The van der Waals surface area contributed by atoms with E-state index in [1.54, 1.807) is 0 Å². The molecule has 1 aliphatic heterocycles. The van der Waals surface area contributed by atoms with Gasteiger partial charge < -0.3 is 29.0 Å². The molecule has 1 N–H and O–H groups in total. The Balaban J connectivity index is 3.30. The second-order valence-corrected chi connectivity index (χ2v) is 6.40. The van der Waals surface area contributed by atoms with Crippen LogP contribution in [0.3, 0.4) is 0 Å². The third kappa shape index (κ3) is 8.08. The highest BCUT2D eigenvalue weighted by atomic mass is 16.7. The number of carbonyl (C=O) groups excluding carboxylic acids is 5. The number of esters is 4. The van der Waals surface area contributed by atoms with E-state index in [4.69, 9.17) is 30.1 Å². The monoisotopic (exact) mass is 427 g/mol. The van der Waals surface area contributed by atoms with Crippen molar-refractivity contribution in [2.75, 3.05) is 6.61 Å². The summed E-state index contributed by atoms with van der Waals surface area (Å²) in [6.45, 7) is 4.11. The molecule has 1 unspecified atom stereocenters. The summed E-state index contributed by atoms with van der Waals surface area (Å²) >= 11 is 0. The van der Waals surface area contributed by atoms with Crippen molar-refractivity contribution in [1.82, 2.24) is 5.32 Å². The van der Waals surface area contributed by atoms with Crippen molar-refractivity contribution in [3.8, 4) is 12.3 Å². The van der Waals surface area contributed by atoms with Gasteiger partial charge >= 0.3 is 23.9 Å². The van der Waals surface area contributed by atoms with Gasteiger partial charge in [0.2, 0.25) is 12.2 Å². The summed E-state index contributed by atoms with van der Waals surface area (Å²) in [7, 11) is 0. The van der Waals surface area contributed by atoms with Crippen LogP contribution in [0.15, 0.2) is 0 Å². The highest BCUT2D eigenvalue weighted by Crippen LogP contribution is 2.28. The third-order valence-corrected chi connectivity index (χ3v) is 3.81. The molecule has 1 aliphatic rings. The van der Waals surface area contributed by atoms with Crippen LogP contribution in [-0.2, 0) is 47.7 Å². The number of hydrogen-bond acceptors (Lipinski definition) is 10. The number of rotatable bonds is 8. The first-order valence-corrected chi connectivity index (χ1v) is 9.08. The highest BCUT2D eigenvalue weighted by Gasteiger charge is 2.52. The lowest BCUT2D eigenvalue weighted by Crippen LogP contribution is -2.67. The summed E-state index contributed by atoms with van der Waals surface area (Å²) < 4.78 is 26.2. The summed E-state index contributed by atoms with van der Waals surface area (Å²) in [5.74, 6) is -1.10. The lowest BCUT2D eigenvalue weighted by Gasteiger charge is -2.44. The summed E-state index contributed by atoms with van der Waals surface area (Å²) in [4.78, 5) is 58.4. The predicted octanol–water partition coefficient (Wildman–Crippen LogP) is -0.401. The summed E-state index contributed by atoms with van der Waals surface area (Å²) in [6, 6.07) is -1.22. The minimum absolute atomic E-state index is 0.0539. The number of carbonyl (C=O) groups is 5. The zero-order chi connectivity index (χ0) is 22.8. The Morgan fingerprint density at radius 3 is 1.97 bits per heavy atom. The first kappa shape index (κ1) is 24.9. The van der Waals surface area contributed by atoms with E-state index < -0.39 is 60.4 Å². The molecule has 11 heteroatoms. The van der Waals surface area contributed by atoms with Gasteiger partial charge in [-0.2, -0.15) is 0 Å². The summed E-state index contributed by atoms with van der Waals surface area (Å²) in [5.41, 5.74) is 0. The molecule has 30 heavy (non-hydrogen) atoms. The normalized spacial score (nSPS) is 25.2. The van der Waals surface area contributed by atoms with Gasteiger partial charge in [-0.1, -0.05) is 0 Å². The van der Waals surface area contributed by atoms with Crippen LogP contribution in [-0.4, -0.2) is 67.0 Å². The molecule has 0 radical (unpaired) electrons. The summed E-state index contributed by atoms with van der Waals surface area (Å²) in [6.07, 6.45) is 0.0964. The molecule has 0 aromatic heterocycles. The molecule has 1 saturated heterocycles. The maximum Gasteiger partial charge on any atom is 0.305 e. The van der Waals surface area contributed by atoms with Crippen molar-refractivity contribution >= 4 is 29.8 Å². The molecule has 5 atom stereocenters. The van der Waals surface area contributed by atoms with E-state index in [2.05, 4.69) is 11.2 Å². The molecule has 1 fully saturated rings. The SMILES string of the molecule is C#CCCC(=O)N[C@H]1C(OC(C)=O)O[C@H](COC(C)=O)[C@H](OC(C)=O)[C@@H]1OC(C)=O. The van der Waals surface area contributed by atoms with Gasteiger partial charge in [0.05, 0.1) is 0 Å². The fraction of sp³-hybridized carbons (Fsp3) is 0.632. The lowest BCUT2D eigenvalue weighted by molar-refractivity contribution is -0.271. The van der Waals surface area contributed by atoms with Gasteiger partial charge in [0, 0.05) is 40.5 Å². The number of ether oxygens (including phenoxy) is 5. The van der Waals surface area contributed by atoms with Crippen molar-refractivity contribution in [2.45, 2.75) is 71.2 Å². The molecule has 1 amide bonds. The smallest absolute Gasteiger partial charge is 0.305 e. The van der Waals surface area contributed by atoms with E-state index in [-0.39, 0.29) is 19.4 Å². The Labute approximate surface area is 173 Å². The van der Waals surface area contributed by atoms with Crippen LogP contribution >= 0.6 is 0 Å². The Morgan fingerprint density at radius 2 is 1.47 bits per heavy atom. The molecule has 0 bridgehead atoms. The lowest BCUT2D eigenvalue weighted by atomic mass is 9.96. The maximum atomic E-state index is 12.2. The van der Waals surface area contributed by atoms with E-state index in [0.29, 0.717) is 0 Å². The predicted molar refractivity (Wildman–Crippen MR) is 98.2 cm³/mol. The van der Waals surface area contributed by atoms with Gasteiger partial charge in [0.15, 0.2) is 12.2 Å². The van der Waals surface area contributed by atoms with Gasteiger partial charge in [-0.3, -0.25) is 24.0 Å². The molecule has 0 aromatic carbocycles. The van der Waals surface area contributed by atoms with E-state index in [1.165, 1.54) is 0 Å². The second-order valence-electron chi connectivity index (χ2n) is 6.40. The molecule has 0 spiro atoms. The summed E-state index contributed by atoms with van der Waals surface area (Å²) in [5, 5.41) is 2.54. The zero-order valence-electron chi connectivity index (χ0n) is 17.2. The Kier molecular flexibility index (Phi) is 9.77. The molecular formula is C19H25NO10. The van der Waals surface area contributed by atoms with E-state index in [0.717, 1.165) is 27.7 Å². The van der Waals surface area contributed by atoms with Gasteiger partial charge in [0.25, 0.3) is 0 Å². The number of terminal acetylenes is 1. The average molecular weight is 427 g/mol. The molecule has 166 valence electrons. The first-order valence-electron chi connectivity index (χ1n) is 9.08. The van der Waals surface area contributed by atoms with Crippen molar-refractivity contribution in [2.24, 2.45) is 0 Å². The zero-order valence-corrected chi connectivity index (χ0v) is 17.2. The van der Waals surface area contributed by atoms with Crippen molar-refractivity contribution in [3.05, 3.63) is 0 Å². The minimum atomic E-state index is -1.42. The standard InChI is InChI=1S/C19H25NO10/c1-6-7-8-15(25)20-16-18(28-12(4)23)17(27-11(3)22)14(9-26-10(2)21)30-19(16)29-13(5)24/h1,14,16-19H,7-9H2,2-5H3,(H,20,25)/t14-,16-,17+,18-,19?/m1/s1. The van der Waals surface area contributed by atoms with Gasteiger partial charge in [-0.15, -0.1) is 12.3 Å². The van der Waals surface area contributed by atoms with Crippen molar-refractivity contribution in [1.29, 1.82) is 0 Å². The van der Waals surface area contributed by atoms with Gasteiger partial charge in [0.1, 0.15) is 18.8 Å². The Hall–Kier alpha value is -3.13. The van der Waals surface area contributed by atoms with Crippen molar-refractivity contribution < 1.29 is 47.7 Å². The van der Waals surface area contributed by atoms with Crippen LogP contribution in [0, 0.1) is 12.3 Å². The fourth-order valence-electron chi connectivity index (χ4n) is 2.76. The van der Waals surface area contributed by atoms with Crippen molar-refractivity contribution in [3.63, 3.8) is 0 Å². The van der Waals surface area contributed by atoms with Crippen LogP contribution in [0.5, 0.6) is 0 Å². The minimum Gasteiger partial charge on any atom is -0.463 e. The number of hydrogen-bond donors (Lipinski definition) is 1. The molecule has 11 nitrogen and oxygen atoms in total. The van der Waals surface area contributed by atoms with Gasteiger partial charge in [-0.25, -0.2) is 0 Å². The van der Waals surface area contributed by atoms with Crippen LogP contribution in [0.2, 0.25) is 0 Å². The average Bonchev–Trinajstić information content (AvgIpc) is 2.62. The van der Waals surface area contributed by atoms with Crippen LogP contribution in [0.4, 0.5) is 0 Å². The Morgan fingerprint density at radius 1 is 0.900 bits per heavy atom. The Bertz CT molecular complexity index is 713. The van der Waals surface area contributed by atoms with Crippen LogP contribution in [0.1, 0.15) is 40.5 Å². The van der Waals surface area contributed by atoms with E-state index >= 15 is 0 Å². The topological polar surface area (TPSA) is 144 Å². The van der Waals surface area contributed by atoms with Crippen LogP contribution in [0.25, 0.3) is 0 Å². The quantitative estimate of drug-likeness (QED) is 0.309. The molecule has 0 saturated carbocycles.